The lowest BCUT2D eigenvalue weighted by molar-refractivity contribution is 0.169. The molecule has 1 N–H and O–H groups in total. The van der Waals surface area contributed by atoms with E-state index in [1.165, 1.54) is 0 Å². The lowest BCUT2D eigenvalue weighted by Crippen LogP contribution is -2.46. The number of rotatable bonds is 2. The van der Waals surface area contributed by atoms with Crippen molar-refractivity contribution in [3.63, 3.8) is 0 Å². The largest absolute Gasteiger partial charge is 0.396 e. The number of hydrogen-bond acceptors (Lipinski definition) is 3. The predicted molar refractivity (Wildman–Crippen MR) is 60.1 cm³/mol. The first kappa shape index (κ1) is 12.9. The molecule has 90 valence electrons. The molecule has 4 nitrogen and oxygen atoms in total. The Morgan fingerprint density at radius 3 is 2.07 bits per heavy atom. The van der Waals surface area contributed by atoms with Crippen molar-refractivity contribution in [1.82, 2.24) is 4.31 Å². The monoisotopic (exact) mass is 235 g/mol. The molecule has 0 spiro atoms. The molecule has 0 unspecified atom stereocenters. The minimum atomic E-state index is -3.18. The fourth-order valence-electron chi connectivity index (χ4n) is 1.72. The molecule has 5 heteroatoms. The average Bonchev–Trinajstić information content (AvgIpc) is 2.16. The second-order valence-electron chi connectivity index (χ2n) is 5.14. The number of aliphatic hydroxyl groups excluding tert-OH is 1. The van der Waals surface area contributed by atoms with Crippen LogP contribution in [-0.2, 0) is 10.0 Å². The van der Waals surface area contributed by atoms with Crippen molar-refractivity contribution in [1.29, 1.82) is 0 Å². The molecule has 0 aromatic carbocycles. The SMILES string of the molecule is CC(C)(C)S(=O)(=O)N1CCC(CO)CC1. The third kappa shape index (κ3) is 2.71. The maximum atomic E-state index is 12.1. The molecule has 1 rings (SSSR count). The summed E-state index contributed by atoms with van der Waals surface area (Å²) in [6, 6.07) is 0. The van der Waals surface area contributed by atoms with Gasteiger partial charge < -0.3 is 5.11 Å². The summed E-state index contributed by atoms with van der Waals surface area (Å²) >= 11 is 0. The van der Waals surface area contributed by atoms with E-state index in [9.17, 15) is 8.42 Å². The van der Waals surface area contributed by atoms with E-state index < -0.39 is 14.8 Å². The summed E-state index contributed by atoms with van der Waals surface area (Å²) in [5, 5.41) is 8.97. The van der Waals surface area contributed by atoms with Gasteiger partial charge in [-0.15, -0.1) is 0 Å². The molecule has 0 bridgehead atoms. The quantitative estimate of drug-likeness (QED) is 0.771. The molecule has 0 atom stereocenters. The molecule has 0 amide bonds. The molecule has 1 fully saturated rings. The maximum Gasteiger partial charge on any atom is 0.219 e. The smallest absolute Gasteiger partial charge is 0.219 e. The number of nitrogens with zero attached hydrogens (tertiary/aromatic N) is 1. The molecule has 0 radical (unpaired) electrons. The molecule has 1 saturated heterocycles. The van der Waals surface area contributed by atoms with Crippen LogP contribution in [0.15, 0.2) is 0 Å². The molecule has 15 heavy (non-hydrogen) atoms. The molecule has 0 aromatic heterocycles. The van der Waals surface area contributed by atoms with Crippen molar-refractivity contribution in [2.45, 2.75) is 38.4 Å². The van der Waals surface area contributed by atoms with Gasteiger partial charge in [0, 0.05) is 19.7 Å². The van der Waals surface area contributed by atoms with E-state index in [0.717, 1.165) is 12.8 Å². The first-order valence-electron chi connectivity index (χ1n) is 5.39. The normalized spacial score (nSPS) is 21.9. The molecule has 0 saturated carbocycles. The molecule has 0 aliphatic carbocycles. The fraction of sp³-hybridized carbons (Fsp3) is 1.00. The second-order valence-corrected chi connectivity index (χ2v) is 7.83. The van der Waals surface area contributed by atoms with E-state index >= 15 is 0 Å². The summed E-state index contributed by atoms with van der Waals surface area (Å²) in [7, 11) is -3.18. The van der Waals surface area contributed by atoms with E-state index in [2.05, 4.69) is 0 Å². The fourth-order valence-corrected chi connectivity index (χ4v) is 3.19. The van der Waals surface area contributed by atoms with Crippen molar-refractivity contribution in [3.05, 3.63) is 0 Å². The Morgan fingerprint density at radius 1 is 1.27 bits per heavy atom. The Morgan fingerprint density at radius 2 is 1.73 bits per heavy atom. The second kappa shape index (κ2) is 4.39. The predicted octanol–water partition coefficient (Wildman–Crippen LogP) is 0.819. The molecule has 1 aliphatic rings. The Kier molecular flexibility index (Phi) is 3.79. The van der Waals surface area contributed by atoms with Crippen LogP contribution >= 0.6 is 0 Å². The van der Waals surface area contributed by atoms with E-state index in [1.54, 1.807) is 25.1 Å². The van der Waals surface area contributed by atoms with E-state index in [-0.39, 0.29) is 12.5 Å². The lowest BCUT2D eigenvalue weighted by atomic mass is 10.00. The van der Waals surface area contributed by atoms with Crippen LogP contribution in [0.25, 0.3) is 0 Å². The van der Waals surface area contributed by atoms with Crippen LogP contribution in [0.1, 0.15) is 33.6 Å². The zero-order chi connectivity index (χ0) is 11.7. The van der Waals surface area contributed by atoms with Crippen LogP contribution in [-0.4, -0.2) is 42.3 Å². The summed E-state index contributed by atoms with van der Waals surface area (Å²) in [5.74, 6) is 0.274. The van der Waals surface area contributed by atoms with E-state index in [4.69, 9.17) is 5.11 Å². The highest BCUT2D eigenvalue weighted by Crippen LogP contribution is 2.25. The molecule has 0 aromatic rings. The van der Waals surface area contributed by atoms with Crippen LogP contribution < -0.4 is 0 Å². The number of hydrogen-bond donors (Lipinski definition) is 1. The third-order valence-corrected chi connectivity index (χ3v) is 5.54. The van der Waals surface area contributed by atoms with Crippen molar-refractivity contribution >= 4 is 10.0 Å². The highest BCUT2D eigenvalue weighted by molar-refractivity contribution is 7.90. The summed E-state index contributed by atoms with van der Waals surface area (Å²) in [6.45, 7) is 6.43. The maximum absolute atomic E-state index is 12.1. The minimum Gasteiger partial charge on any atom is -0.396 e. The molecular weight excluding hydrogens is 214 g/mol. The Balaban J connectivity index is 2.69. The van der Waals surface area contributed by atoms with Gasteiger partial charge in [-0.05, 0) is 39.5 Å². The number of piperidine rings is 1. The zero-order valence-corrected chi connectivity index (χ0v) is 10.5. The summed E-state index contributed by atoms with van der Waals surface area (Å²) in [4.78, 5) is 0. The minimum absolute atomic E-state index is 0.170. The van der Waals surface area contributed by atoms with Gasteiger partial charge in [0.15, 0.2) is 0 Å². The first-order valence-corrected chi connectivity index (χ1v) is 6.83. The van der Waals surface area contributed by atoms with Crippen LogP contribution in [0.3, 0.4) is 0 Å². The van der Waals surface area contributed by atoms with Crippen LogP contribution in [0.2, 0.25) is 0 Å². The number of sulfonamides is 1. The standard InChI is InChI=1S/C10H21NO3S/c1-10(2,3)15(13,14)11-6-4-9(8-12)5-7-11/h9,12H,4-8H2,1-3H3. The first-order chi connectivity index (χ1) is 6.79. The highest BCUT2D eigenvalue weighted by atomic mass is 32.2. The lowest BCUT2D eigenvalue weighted by Gasteiger charge is -2.34. The van der Waals surface area contributed by atoms with Crippen LogP contribution in [0, 0.1) is 5.92 Å². The molecule has 1 heterocycles. The van der Waals surface area contributed by atoms with Gasteiger partial charge in [-0.2, -0.15) is 0 Å². The van der Waals surface area contributed by atoms with Crippen molar-refractivity contribution in [3.8, 4) is 0 Å². The summed E-state index contributed by atoms with van der Waals surface area (Å²) in [5.41, 5.74) is 0. The zero-order valence-electron chi connectivity index (χ0n) is 9.73. The van der Waals surface area contributed by atoms with Crippen LogP contribution in [0.5, 0.6) is 0 Å². The van der Waals surface area contributed by atoms with Crippen molar-refractivity contribution in [2.75, 3.05) is 19.7 Å². The summed E-state index contributed by atoms with van der Waals surface area (Å²) < 4.78 is 25.0. The van der Waals surface area contributed by atoms with Gasteiger partial charge in [-0.1, -0.05) is 0 Å². The van der Waals surface area contributed by atoms with Gasteiger partial charge in [0.05, 0.1) is 4.75 Å². The Hall–Kier alpha value is -0.130. The Bertz CT molecular complexity index is 297. The number of aliphatic hydroxyl groups is 1. The van der Waals surface area contributed by atoms with Gasteiger partial charge in [-0.3, -0.25) is 0 Å². The van der Waals surface area contributed by atoms with Gasteiger partial charge in [0.1, 0.15) is 0 Å². The Labute approximate surface area is 92.3 Å². The summed E-state index contributed by atoms with van der Waals surface area (Å²) in [6.07, 6.45) is 1.54. The van der Waals surface area contributed by atoms with Gasteiger partial charge >= 0.3 is 0 Å². The van der Waals surface area contributed by atoms with Gasteiger partial charge in [0.25, 0.3) is 0 Å². The van der Waals surface area contributed by atoms with Crippen LogP contribution in [0.4, 0.5) is 0 Å². The van der Waals surface area contributed by atoms with E-state index in [0.29, 0.717) is 13.1 Å². The average molecular weight is 235 g/mol. The highest BCUT2D eigenvalue weighted by Gasteiger charge is 2.36. The van der Waals surface area contributed by atoms with E-state index in [1.807, 2.05) is 0 Å². The molecular formula is C10H21NO3S. The van der Waals surface area contributed by atoms with Crippen molar-refractivity contribution in [2.24, 2.45) is 5.92 Å². The van der Waals surface area contributed by atoms with Gasteiger partial charge in [-0.25, -0.2) is 12.7 Å². The topological polar surface area (TPSA) is 57.6 Å². The third-order valence-electron chi connectivity index (χ3n) is 2.95. The van der Waals surface area contributed by atoms with Gasteiger partial charge in [0.2, 0.25) is 10.0 Å². The van der Waals surface area contributed by atoms with Crippen molar-refractivity contribution < 1.29 is 13.5 Å². The molecule has 1 aliphatic heterocycles.